The van der Waals surface area contributed by atoms with E-state index in [-0.39, 0.29) is 11.9 Å². The highest BCUT2D eigenvalue weighted by atomic mass is 16.2. The molecule has 0 spiro atoms. The third-order valence-electron chi connectivity index (χ3n) is 3.17. The van der Waals surface area contributed by atoms with Crippen molar-refractivity contribution in [1.29, 1.82) is 0 Å². The van der Waals surface area contributed by atoms with Gasteiger partial charge in [0.1, 0.15) is 0 Å². The number of carbonyl (C=O) groups excluding carboxylic acids is 1. The van der Waals surface area contributed by atoms with Crippen molar-refractivity contribution in [1.82, 2.24) is 9.88 Å². The molecular weight excluding hydrogens is 214 g/mol. The zero-order valence-electron chi connectivity index (χ0n) is 9.73. The second-order valence-electron chi connectivity index (χ2n) is 4.33. The van der Waals surface area contributed by atoms with Crippen LogP contribution in [0.5, 0.6) is 0 Å². The molecule has 1 saturated heterocycles. The van der Waals surface area contributed by atoms with Gasteiger partial charge < -0.3 is 15.6 Å². The standard InChI is InChI=1S/C13H17N3O/c1-2-5-10(14)13(17)16-9-4-7-12(16)11-6-3-8-15-11/h1,3,6,8,10,12,15H,4-5,7,9,14H2. The van der Waals surface area contributed by atoms with Crippen molar-refractivity contribution >= 4 is 5.91 Å². The van der Waals surface area contributed by atoms with Gasteiger partial charge in [0, 0.05) is 24.9 Å². The highest BCUT2D eigenvalue weighted by molar-refractivity contribution is 5.82. The van der Waals surface area contributed by atoms with E-state index in [0.29, 0.717) is 6.42 Å². The number of hydrogen-bond acceptors (Lipinski definition) is 2. The molecule has 2 rings (SSSR count). The van der Waals surface area contributed by atoms with E-state index in [0.717, 1.165) is 25.1 Å². The number of rotatable bonds is 3. The minimum absolute atomic E-state index is 0.0416. The van der Waals surface area contributed by atoms with Crippen LogP contribution in [-0.4, -0.2) is 28.4 Å². The Labute approximate surface area is 101 Å². The Bertz CT molecular complexity index is 418. The molecule has 17 heavy (non-hydrogen) atoms. The summed E-state index contributed by atoms with van der Waals surface area (Å²) in [4.78, 5) is 17.1. The first-order valence-corrected chi connectivity index (χ1v) is 5.87. The Morgan fingerprint density at radius 3 is 3.24 bits per heavy atom. The minimum atomic E-state index is -0.574. The summed E-state index contributed by atoms with van der Waals surface area (Å²) in [7, 11) is 0. The van der Waals surface area contributed by atoms with Crippen LogP contribution in [0.15, 0.2) is 18.3 Å². The van der Waals surface area contributed by atoms with Gasteiger partial charge in [0.25, 0.3) is 0 Å². The largest absolute Gasteiger partial charge is 0.363 e. The summed E-state index contributed by atoms with van der Waals surface area (Å²) < 4.78 is 0. The van der Waals surface area contributed by atoms with Crippen LogP contribution < -0.4 is 5.73 Å². The van der Waals surface area contributed by atoms with Gasteiger partial charge in [-0.25, -0.2) is 0 Å². The normalized spacial score (nSPS) is 21.2. The molecule has 1 aromatic heterocycles. The zero-order chi connectivity index (χ0) is 12.3. The molecular formula is C13H17N3O. The van der Waals surface area contributed by atoms with Gasteiger partial charge >= 0.3 is 0 Å². The number of aromatic nitrogens is 1. The van der Waals surface area contributed by atoms with E-state index in [1.807, 2.05) is 23.2 Å². The van der Waals surface area contributed by atoms with Gasteiger partial charge in [-0.2, -0.15) is 0 Å². The summed E-state index contributed by atoms with van der Waals surface area (Å²) in [5, 5.41) is 0. The molecule has 2 unspecified atom stereocenters. The highest BCUT2D eigenvalue weighted by Crippen LogP contribution is 2.31. The molecule has 1 amide bonds. The zero-order valence-corrected chi connectivity index (χ0v) is 9.73. The van der Waals surface area contributed by atoms with Crippen LogP contribution in [0.25, 0.3) is 0 Å². The van der Waals surface area contributed by atoms with E-state index >= 15 is 0 Å². The fourth-order valence-electron chi connectivity index (χ4n) is 2.33. The molecule has 2 atom stereocenters. The molecule has 90 valence electrons. The summed E-state index contributed by atoms with van der Waals surface area (Å²) in [5.41, 5.74) is 6.85. The number of hydrogen-bond donors (Lipinski definition) is 2. The summed E-state index contributed by atoms with van der Waals surface area (Å²) in [5.74, 6) is 2.40. The number of nitrogens with one attached hydrogen (secondary N) is 1. The summed E-state index contributed by atoms with van der Waals surface area (Å²) >= 11 is 0. The lowest BCUT2D eigenvalue weighted by molar-refractivity contribution is -0.133. The maximum Gasteiger partial charge on any atom is 0.241 e. The van der Waals surface area contributed by atoms with Gasteiger partial charge in [0.2, 0.25) is 5.91 Å². The molecule has 4 nitrogen and oxygen atoms in total. The first-order valence-electron chi connectivity index (χ1n) is 5.87. The second-order valence-corrected chi connectivity index (χ2v) is 4.33. The molecule has 2 heterocycles. The molecule has 0 bridgehead atoms. The highest BCUT2D eigenvalue weighted by Gasteiger charge is 2.32. The van der Waals surface area contributed by atoms with Crippen molar-refractivity contribution in [2.24, 2.45) is 5.73 Å². The van der Waals surface area contributed by atoms with Crippen molar-refractivity contribution in [2.75, 3.05) is 6.54 Å². The molecule has 0 aromatic carbocycles. The van der Waals surface area contributed by atoms with E-state index in [1.165, 1.54) is 0 Å². The predicted molar refractivity (Wildman–Crippen MR) is 65.9 cm³/mol. The SMILES string of the molecule is C#CCC(N)C(=O)N1CCCC1c1ccc[nH]1. The van der Waals surface area contributed by atoms with Crippen molar-refractivity contribution in [3.8, 4) is 12.3 Å². The Morgan fingerprint density at radius 1 is 1.76 bits per heavy atom. The van der Waals surface area contributed by atoms with Crippen molar-refractivity contribution in [3.63, 3.8) is 0 Å². The van der Waals surface area contributed by atoms with Crippen LogP contribution >= 0.6 is 0 Å². The van der Waals surface area contributed by atoms with Crippen LogP contribution in [0.3, 0.4) is 0 Å². The fraction of sp³-hybridized carbons (Fsp3) is 0.462. The summed E-state index contributed by atoms with van der Waals surface area (Å²) in [6.45, 7) is 0.765. The van der Waals surface area contributed by atoms with Crippen molar-refractivity contribution in [2.45, 2.75) is 31.3 Å². The predicted octanol–water partition coefficient (Wildman–Crippen LogP) is 1.03. The van der Waals surface area contributed by atoms with Gasteiger partial charge in [-0.3, -0.25) is 4.79 Å². The Morgan fingerprint density at radius 2 is 2.59 bits per heavy atom. The first-order chi connectivity index (χ1) is 8.24. The molecule has 3 N–H and O–H groups in total. The van der Waals surface area contributed by atoms with Gasteiger partial charge in [-0.05, 0) is 25.0 Å². The number of nitrogens with zero attached hydrogens (tertiary/aromatic N) is 1. The topological polar surface area (TPSA) is 62.1 Å². The number of H-pyrrole nitrogens is 1. The van der Waals surface area contributed by atoms with Gasteiger partial charge in [0.05, 0.1) is 12.1 Å². The number of likely N-dealkylation sites (tertiary alicyclic amines) is 1. The number of aromatic amines is 1. The van der Waals surface area contributed by atoms with Crippen LogP contribution in [0.2, 0.25) is 0 Å². The third-order valence-corrected chi connectivity index (χ3v) is 3.17. The number of amides is 1. The Balaban J connectivity index is 2.10. The molecule has 0 aliphatic carbocycles. The van der Waals surface area contributed by atoms with E-state index in [9.17, 15) is 4.79 Å². The lowest BCUT2D eigenvalue weighted by Crippen LogP contribution is -2.43. The van der Waals surface area contributed by atoms with Crippen molar-refractivity contribution in [3.05, 3.63) is 24.0 Å². The molecule has 1 aliphatic heterocycles. The van der Waals surface area contributed by atoms with Crippen LogP contribution in [-0.2, 0) is 4.79 Å². The van der Waals surface area contributed by atoms with E-state index in [4.69, 9.17) is 12.2 Å². The first kappa shape index (κ1) is 11.7. The van der Waals surface area contributed by atoms with Gasteiger partial charge in [-0.1, -0.05) is 0 Å². The van der Waals surface area contributed by atoms with Crippen LogP contribution in [0.4, 0.5) is 0 Å². The van der Waals surface area contributed by atoms with Crippen LogP contribution in [0, 0.1) is 12.3 Å². The second kappa shape index (κ2) is 5.07. The number of nitrogens with two attached hydrogens (primary N) is 1. The molecule has 1 fully saturated rings. The molecule has 1 aliphatic rings. The van der Waals surface area contributed by atoms with E-state index in [1.54, 1.807) is 0 Å². The summed E-state index contributed by atoms with van der Waals surface area (Å²) in [6.07, 6.45) is 9.35. The molecule has 0 saturated carbocycles. The smallest absolute Gasteiger partial charge is 0.241 e. The van der Waals surface area contributed by atoms with E-state index < -0.39 is 6.04 Å². The van der Waals surface area contributed by atoms with Crippen molar-refractivity contribution < 1.29 is 4.79 Å². The average Bonchev–Trinajstić information content (AvgIpc) is 2.98. The monoisotopic (exact) mass is 231 g/mol. The molecule has 1 aromatic rings. The Hall–Kier alpha value is -1.73. The maximum atomic E-state index is 12.1. The van der Waals surface area contributed by atoms with E-state index in [2.05, 4.69) is 10.9 Å². The lowest BCUT2D eigenvalue weighted by Gasteiger charge is -2.26. The Kier molecular flexibility index (Phi) is 3.50. The van der Waals surface area contributed by atoms with Crippen LogP contribution in [0.1, 0.15) is 31.0 Å². The maximum absolute atomic E-state index is 12.1. The molecule has 4 heteroatoms. The molecule has 0 radical (unpaired) electrons. The minimum Gasteiger partial charge on any atom is -0.363 e. The third kappa shape index (κ3) is 2.34. The summed E-state index contributed by atoms with van der Waals surface area (Å²) in [6, 6.07) is 3.50. The lowest BCUT2D eigenvalue weighted by atomic mass is 10.1. The van der Waals surface area contributed by atoms with Gasteiger partial charge in [-0.15, -0.1) is 12.3 Å². The number of terminal acetylenes is 1. The number of carbonyl (C=O) groups is 1. The van der Waals surface area contributed by atoms with Gasteiger partial charge in [0.15, 0.2) is 0 Å². The average molecular weight is 231 g/mol. The quantitative estimate of drug-likeness (QED) is 0.763. The fourth-order valence-corrected chi connectivity index (χ4v) is 2.33.